The molecule has 5 rings (SSSR count). The van der Waals surface area contributed by atoms with Gasteiger partial charge in [-0.15, -0.1) is 0 Å². The second-order valence-corrected chi connectivity index (χ2v) is 8.53. The number of hydrogen-bond acceptors (Lipinski definition) is 5. The molecule has 3 amide bonds. The van der Waals surface area contributed by atoms with Gasteiger partial charge in [-0.05, 0) is 55.9 Å². The van der Waals surface area contributed by atoms with E-state index in [0.717, 1.165) is 35.4 Å². The Morgan fingerprint density at radius 3 is 2.65 bits per heavy atom. The number of fused-ring (bicyclic) bond motifs is 1. The summed E-state index contributed by atoms with van der Waals surface area (Å²) in [6, 6.07) is 8.88. The SMILES string of the molecule is O=C1CCC(N2Cc3cc(-c4cc(OC5CCCCC5)ccn4)ccc3C2=O)C(=O)N1. The zero-order valence-electron chi connectivity index (χ0n) is 17.3. The molecule has 1 aliphatic carbocycles. The zero-order chi connectivity index (χ0) is 21.4. The van der Waals surface area contributed by atoms with Gasteiger partial charge in [0.2, 0.25) is 11.8 Å². The van der Waals surface area contributed by atoms with Crippen LogP contribution in [0.4, 0.5) is 0 Å². The van der Waals surface area contributed by atoms with E-state index in [1.165, 1.54) is 19.3 Å². The third-order valence-corrected chi connectivity index (χ3v) is 6.41. The van der Waals surface area contributed by atoms with Crippen LogP contribution in [-0.2, 0) is 16.1 Å². The number of pyridine rings is 1. The highest BCUT2D eigenvalue weighted by molar-refractivity contribution is 6.05. The van der Waals surface area contributed by atoms with Crippen LogP contribution in [0.1, 0.15) is 60.9 Å². The lowest BCUT2D eigenvalue weighted by Gasteiger charge is -2.29. The van der Waals surface area contributed by atoms with Crippen LogP contribution in [0.2, 0.25) is 0 Å². The average molecular weight is 419 g/mol. The van der Waals surface area contributed by atoms with Crippen LogP contribution in [-0.4, -0.2) is 39.8 Å². The van der Waals surface area contributed by atoms with Crippen molar-refractivity contribution >= 4 is 17.7 Å². The summed E-state index contributed by atoms with van der Waals surface area (Å²) < 4.78 is 6.17. The van der Waals surface area contributed by atoms with E-state index in [4.69, 9.17) is 4.74 Å². The third kappa shape index (κ3) is 3.92. The molecule has 160 valence electrons. The van der Waals surface area contributed by atoms with Crippen LogP contribution in [0.3, 0.4) is 0 Å². The number of rotatable bonds is 4. The number of ether oxygens (including phenoxy) is 1. The van der Waals surface area contributed by atoms with Crippen molar-refractivity contribution in [3.05, 3.63) is 47.7 Å². The molecule has 0 radical (unpaired) electrons. The number of aromatic nitrogens is 1. The largest absolute Gasteiger partial charge is 0.490 e. The number of piperidine rings is 1. The quantitative estimate of drug-likeness (QED) is 0.769. The van der Waals surface area contributed by atoms with Gasteiger partial charge in [0.15, 0.2) is 0 Å². The molecule has 7 heteroatoms. The van der Waals surface area contributed by atoms with Crippen molar-refractivity contribution in [2.45, 2.75) is 63.6 Å². The van der Waals surface area contributed by atoms with Crippen molar-refractivity contribution in [1.82, 2.24) is 15.2 Å². The van der Waals surface area contributed by atoms with Gasteiger partial charge in [-0.1, -0.05) is 12.5 Å². The highest BCUT2D eigenvalue weighted by Gasteiger charge is 2.39. The Labute approximate surface area is 180 Å². The van der Waals surface area contributed by atoms with Gasteiger partial charge < -0.3 is 9.64 Å². The van der Waals surface area contributed by atoms with E-state index in [9.17, 15) is 14.4 Å². The Hall–Kier alpha value is -3.22. The summed E-state index contributed by atoms with van der Waals surface area (Å²) in [4.78, 5) is 42.6. The molecule has 1 saturated heterocycles. The summed E-state index contributed by atoms with van der Waals surface area (Å²) in [5.74, 6) is -0.0296. The van der Waals surface area contributed by atoms with Crippen molar-refractivity contribution in [2.75, 3.05) is 0 Å². The van der Waals surface area contributed by atoms with Gasteiger partial charge in [0.05, 0.1) is 11.8 Å². The molecule has 2 fully saturated rings. The number of amides is 3. The average Bonchev–Trinajstić information content (AvgIpc) is 3.10. The molecular weight excluding hydrogens is 394 g/mol. The Balaban J connectivity index is 1.35. The molecule has 0 spiro atoms. The molecule has 0 bridgehead atoms. The molecule has 2 aromatic rings. The Morgan fingerprint density at radius 2 is 1.84 bits per heavy atom. The maximum atomic E-state index is 12.9. The molecule has 3 aliphatic rings. The first-order valence-corrected chi connectivity index (χ1v) is 11.0. The number of carbonyl (C=O) groups excluding carboxylic acids is 3. The van der Waals surface area contributed by atoms with Gasteiger partial charge >= 0.3 is 0 Å². The third-order valence-electron chi connectivity index (χ3n) is 6.41. The van der Waals surface area contributed by atoms with Crippen LogP contribution in [0.15, 0.2) is 36.5 Å². The molecule has 1 aromatic carbocycles. The number of nitrogens with zero attached hydrogens (tertiary/aromatic N) is 2. The minimum absolute atomic E-state index is 0.168. The summed E-state index contributed by atoms with van der Waals surface area (Å²) in [6.45, 7) is 0.354. The van der Waals surface area contributed by atoms with E-state index in [-0.39, 0.29) is 24.3 Å². The van der Waals surface area contributed by atoms with E-state index in [1.807, 2.05) is 24.3 Å². The number of carbonyl (C=O) groups is 3. The summed E-state index contributed by atoms with van der Waals surface area (Å²) in [7, 11) is 0. The molecule has 1 aromatic heterocycles. The predicted octanol–water partition coefficient (Wildman–Crippen LogP) is 3.22. The van der Waals surface area contributed by atoms with Crippen molar-refractivity contribution in [1.29, 1.82) is 0 Å². The molecule has 7 nitrogen and oxygen atoms in total. The van der Waals surface area contributed by atoms with Crippen LogP contribution >= 0.6 is 0 Å². The fourth-order valence-corrected chi connectivity index (χ4v) is 4.75. The number of benzene rings is 1. The van der Waals surface area contributed by atoms with Crippen molar-refractivity contribution in [3.63, 3.8) is 0 Å². The topological polar surface area (TPSA) is 88.6 Å². The number of nitrogens with one attached hydrogen (secondary N) is 1. The van der Waals surface area contributed by atoms with E-state index in [2.05, 4.69) is 10.3 Å². The predicted molar refractivity (Wildman–Crippen MR) is 113 cm³/mol. The molecule has 1 atom stereocenters. The smallest absolute Gasteiger partial charge is 0.255 e. The lowest BCUT2D eigenvalue weighted by Crippen LogP contribution is -2.52. The molecule has 31 heavy (non-hydrogen) atoms. The van der Waals surface area contributed by atoms with Crippen molar-refractivity contribution in [3.8, 4) is 17.0 Å². The Kier molecular flexibility index (Phi) is 5.18. The molecule has 3 heterocycles. The molecule has 1 unspecified atom stereocenters. The van der Waals surface area contributed by atoms with Gasteiger partial charge in [-0.3, -0.25) is 24.7 Å². The second kappa shape index (κ2) is 8.13. The second-order valence-electron chi connectivity index (χ2n) is 8.53. The lowest BCUT2D eigenvalue weighted by atomic mass is 9.98. The monoisotopic (exact) mass is 419 g/mol. The summed E-state index contributed by atoms with van der Waals surface area (Å²) in [5.41, 5.74) is 3.17. The molecule has 2 aliphatic heterocycles. The van der Waals surface area contributed by atoms with E-state index < -0.39 is 11.9 Å². The highest BCUT2D eigenvalue weighted by atomic mass is 16.5. The summed E-state index contributed by atoms with van der Waals surface area (Å²) >= 11 is 0. The van der Waals surface area contributed by atoms with Gasteiger partial charge in [-0.25, -0.2) is 0 Å². The van der Waals surface area contributed by atoms with Crippen molar-refractivity contribution < 1.29 is 19.1 Å². The van der Waals surface area contributed by atoms with Gasteiger partial charge in [0.25, 0.3) is 5.91 Å². The van der Waals surface area contributed by atoms with E-state index in [0.29, 0.717) is 18.5 Å². The first-order chi connectivity index (χ1) is 15.1. The minimum Gasteiger partial charge on any atom is -0.490 e. The van der Waals surface area contributed by atoms with E-state index >= 15 is 0 Å². The van der Waals surface area contributed by atoms with Crippen molar-refractivity contribution in [2.24, 2.45) is 0 Å². The van der Waals surface area contributed by atoms with E-state index in [1.54, 1.807) is 17.2 Å². The number of imide groups is 1. The lowest BCUT2D eigenvalue weighted by molar-refractivity contribution is -0.136. The molecule has 1 N–H and O–H groups in total. The maximum absolute atomic E-state index is 12.9. The van der Waals surface area contributed by atoms with Gasteiger partial charge in [-0.2, -0.15) is 0 Å². The maximum Gasteiger partial charge on any atom is 0.255 e. The zero-order valence-corrected chi connectivity index (χ0v) is 17.3. The highest BCUT2D eigenvalue weighted by Crippen LogP contribution is 2.32. The van der Waals surface area contributed by atoms with Gasteiger partial charge in [0.1, 0.15) is 11.8 Å². The van der Waals surface area contributed by atoms with Crippen LogP contribution in [0.5, 0.6) is 5.75 Å². The standard InChI is InChI=1S/C24H25N3O4/c28-22-9-8-21(23(29)26-22)27-14-16-12-15(6-7-19(16)24(27)30)20-13-18(10-11-25-20)31-17-4-2-1-3-5-17/h6-7,10-13,17,21H,1-5,8-9,14H2,(H,26,28,29). The summed E-state index contributed by atoms with van der Waals surface area (Å²) in [6.07, 6.45) is 8.52. The molecular formula is C24H25N3O4. The first-order valence-electron chi connectivity index (χ1n) is 11.0. The van der Waals surface area contributed by atoms with Crippen LogP contribution in [0.25, 0.3) is 11.3 Å². The Morgan fingerprint density at radius 1 is 1.00 bits per heavy atom. The van der Waals surface area contributed by atoms with Crippen LogP contribution < -0.4 is 10.1 Å². The Bertz CT molecular complexity index is 1040. The summed E-state index contributed by atoms with van der Waals surface area (Å²) in [5, 5.41) is 2.33. The van der Waals surface area contributed by atoms with Crippen LogP contribution in [0, 0.1) is 0 Å². The number of hydrogen-bond donors (Lipinski definition) is 1. The fraction of sp³-hybridized carbons (Fsp3) is 0.417. The van der Waals surface area contributed by atoms with Gasteiger partial charge in [0, 0.05) is 36.4 Å². The normalized spacial score (nSPS) is 21.7. The fourth-order valence-electron chi connectivity index (χ4n) is 4.75. The first kappa shape index (κ1) is 19.7. The minimum atomic E-state index is -0.605. The molecule has 1 saturated carbocycles.